The van der Waals surface area contributed by atoms with Crippen molar-refractivity contribution >= 4 is 50.8 Å². The lowest BCUT2D eigenvalue weighted by atomic mass is 10.1. The first kappa shape index (κ1) is 21.9. The van der Waals surface area contributed by atoms with Crippen LogP contribution in [0, 0.1) is 6.92 Å². The summed E-state index contributed by atoms with van der Waals surface area (Å²) >= 11 is 2.53. The number of rotatable bonds is 7. The Bertz CT molecular complexity index is 1520. The van der Waals surface area contributed by atoms with E-state index in [0.717, 1.165) is 27.7 Å². The molecule has 0 saturated carbocycles. The average molecular weight is 489 g/mol. The number of nitrogens with zero attached hydrogens (tertiary/aromatic N) is 3. The van der Waals surface area contributed by atoms with E-state index in [4.69, 9.17) is 5.73 Å². The van der Waals surface area contributed by atoms with Gasteiger partial charge in [0.05, 0.1) is 17.0 Å². The highest BCUT2D eigenvalue weighted by atomic mass is 32.2. The minimum Gasteiger partial charge on any atom is -0.366 e. The number of aromatic amines is 1. The quantitative estimate of drug-likeness (QED) is 0.289. The van der Waals surface area contributed by atoms with Gasteiger partial charge in [-0.15, -0.1) is 21.5 Å². The highest BCUT2D eigenvalue weighted by Crippen LogP contribution is 2.33. The van der Waals surface area contributed by atoms with Crippen LogP contribution in [-0.2, 0) is 4.79 Å². The molecule has 0 aliphatic rings. The second kappa shape index (κ2) is 9.16. The van der Waals surface area contributed by atoms with E-state index in [1.54, 1.807) is 11.4 Å². The molecule has 0 unspecified atom stereocenters. The Labute approximate surface area is 203 Å². The van der Waals surface area contributed by atoms with Gasteiger partial charge in [-0.2, -0.15) is 0 Å². The van der Waals surface area contributed by atoms with Crippen molar-refractivity contribution < 1.29 is 9.59 Å². The molecule has 0 radical (unpaired) electrons. The van der Waals surface area contributed by atoms with Crippen molar-refractivity contribution in [3.05, 3.63) is 77.3 Å². The molecule has 5 rings (SSSR count). The number of primary amides is 1. The molecule has 0 aliphatic carbocycles. The Morgan fingerprint density at radius 2 is 1.91 bits per heavy atom. The maximum Gasteiger partial charge on any atom is 0.251 e. The van der Waals surface area contributed by atoms with Crippen LogP contribution in [0.2, 0.25) is 0 Å². The summed E-state index contributed by atoms with van der Waals surface area (Å²) in [6, 6.07) is 17.6. The van der Waals surface area contributed by atoms with Crippen molar-refractivity contribution in [1.29, 1.82) is 0 Å². The highest BCUT2D eigenvalue weighted by Gasteiger charge is 2.21. The summed E-state index contributed by atoms with van der Waals surface area (Å²) in [6.45, 7) is 2.03. The molecule has 3 heterocycles. The molecule has 2 amide bonds. The predicted octanol–water partition coefficient (Wildman–Crippen LogP) is 4.62. The van der Waals surface area contributed by atoms with Crippen molar-refractivity contribution in [2.45, 2.75) is 12.1 Å². The molecule has 4 N–H and O–H groups in total. The SMILES string of the molecule is Cc1ccccc1-n1c(SCC(=O)Nc2sccc2C(N)=O)nnc1-c1c[nH]c2ccccc12. The van der Waals surface area contributed by atoms with Gasteiger partial charge in [0.15, 0.2) is 11.0 Å². The third-order valence-electron chi connectivity index (χ3n) is 5.34. The molecule has 0 aliphatic heterocycles. The largest absolute Gasteiger partial charge is 0.366 e. The molecular weight excluding hydrogens is 468 g/mol. The summed E-state index contributed by atoms with van der Waals surface area (Å²) in [5.74, 6) is -0.0627. The van der Waals surface area contributed by atoms with Crippen molar-refractivity contribution in [3.63, 3.8) is 0 Å². The number of aromatic nitrogens is 4. The number of benzene rings is 2. The molecule has 170 valence electrons. The van der Waals surface area contributed by atoms with Gasteiger partial charge in [-0.05, 0) is 36.1 Å². The number of para-hydroxylation sites is 2. The van der Waals surface area contributed by atoms with Crippen LogP contribution in [0.5, 0.6) is 0 Å². The number of carbonyl (C=O) groups is 2. The number of hydrogen-bond acceptors (Lipinski definition) is 6. The maximum absolute atomic E-state index is 12.6. The van der Waals surface area contributed by atoms with Crippen LogP contribution in [-0.4, -0.2) is 37.3 Å². The fourth-order valence-electron chi connectivity index (χ4n) is 3.72. The first-order valence-corrected chi connectivity index (χ1v) is 12.3. The summed E-state index contributed by atoms with van der Waals surface area (Å²) in [5, 5.41) is 15.5. The fraction of sp³-hybridized carbons (Fsp3) is 0.0833. The summed E-state index contributed by atoms with van der Waals surface area (Å²) < 4.78 is 1.98. The second-order valence-corrected chi connectivity index (χ2v) is 9.40. The van der Waals surface area contributed by atoms with Crippen LogP contribution in [0.25, 0.3) is 28.0 Å². The normalized spacial score (nSPS) is 11.1. The third-order valence-corrected chi connectivity index (χ3v) is 7.09. The lowest BCUT2D eigenvalue weighted by Gasteiger charge is -2.12. The number of anilines is 1. The van der Waals surface area contributed by atoms with Crippen LogP contribution in [0.3, 0.4) is 0 Å². The smallest absolute Gasteiger partial charge is 0.251 e. The monoisotopic (exact) mass is 488 g/mol. The number of hydrogen-bond donors (Lipinski definition) is 3. The lowest BCUT2D eigenvalue weighted by molar-refractivity contribution is -0.113. The Kier molecular flexibility index (Phi) is 5.91. The standard InChI is InChI=1S/C24H20N6O2S2/c1-14-6-2-5-9-19(14)30-22(17-12-26-18-8-4-3-7-15(17)18)28-29-24(30)34-13-20(31)27-23-16(21(25)32)10-11-33-23/h2-12,26H,13H2,1H3,(H2,25,32)(H,27,31). The third kappa shape index (κ3) is 4.09. The van der Waals surface area contributed by atoms with Crippen LogP contribution >= 0.6 is 23.1 Å². The van der Waals surface area contributed by atoms with Gasteiger partial charge in [0, 0.05) is 22.7 Å². The van der Waals surface area contributed by atoms with Gasteiger partial charge in [0.25, 0.3) is 5.91 Å². The number of thioether (sulfide) groups is 1. The second-order valence-electron chi connectivity index (χ2n) is 7.54. The van der Waals surface area contributed by atoms with E-state index in [-0.39, 0.29) is 11.7 Å². The number of nitrogens with one attached hydrogen (secondary N) is 2. The lowest BCUT2D eigenvalue weighted by Crippen LogP contribution is -2.18. The maximum atomic E-state index is 12.6. The molecule has 8 nitrogen and oxygen atoms in total. The summed E-state index contributed by atoms with van der Waals surface area (Å²) in [5.41, 5.74) is 9.59. The van der Waals surface area contributed by atoms with Gasteiger partial charge in [-0.25, -0.2) is 0 Å². The van der Waals surface area contributed by atoms with Crippen LogP contribution < -0.4 is 11.1 Å². The van der Waals surface area contributed by atoms with Gasteiger partial charge in [0.2, 0.25) is 5.91 Å². The number of carbonyl (C=O) groups excluding carboxylic acids is 2. The zero-order valence-corrected chi connectivity index (χ0v) is 19.7. The molecule has 0 spiro atoms. The molecule has 0 fully saturated rings. The predicted molar refractivity (Wildman–Crippen MR) is 136 cm³/mol. The van der Waals surface area contributed by atoms with E-state index < -0.39 is 5.91 Å². The van der Waals surface area contributed by atoms with E-state index in [0.29, 0.717) is 21.5 Å². The van der Waals surface area contributed by atoms with E-state index in [9.17, 15) is 9.59 Å². The van der Waals surface area contributed by atoms with Crippen molar-refractivity contribution in [3.8, 4) is 17.1 Å². The number of fused-ring (bicyclic) bond motifs is 1. The summed E-state index contributed by atoms with van der Waals surface area (Å²) in [7, 11) is 0. The Morgan fingerprint density at radius 1 is 1.12 bits per heavy atom. The van der Waals surface area contributed by atoms with Crippen molar-refractivity contribution in [2.24, 2.45) is 5.73 Å². The first-order valence-electron chi connectivity index (χ1n) is 10.4. The number of nitrogens with two attached hydrogens (primary N) is 1. The molecule has 5 aromatic rings. The molecule has 0 bridgehead atoms. The number of H-pyrrole nitrogens is 1. The van der Waals surface area contributed by atoms with E-state index >= 15 is 0 Å². The number of thiophene rings is 1. The van der Waals surface area contributed by atoms with E-state index in [2.05, 4.69) is 20.5 Å². The van der Waals surface area contributed by atoms with Gasteiger partial charge in [0.1, 0.15) is 5.00 Å². The average Bonchev–Trinajstić information content (AvgIpc) is 3.56. The summed E-state index contributed by atoms with van der Waals surface area (Å²) in [4.78, 5) is 27.5. The van der Waals surface area contributed by atoms with Gasteiger partial charge >= 0.3 is 0 Å². The molecule has 2 aromatic carbocycles. The fourth-order valence-corrected chi connectivity index (χ4v) is 5.27. The Morgan fingerprint density at radius 3 is 2.74 bits per heavy atom. The van der Waals surface area contributed by atoms with Crippen molar-refractivity contribution in [1.82, 2.24) is 19.7 Å². The molecular formula is C24H20N6O2S2. The van der Waals surface area contributed by atoms with Gasteiger partial charge in [-0.3, -0.25) is 14.2 Å². The Hall–Kier alpha value is -3.89. The minimum absolute atomic E-state index is 0.0913. The van der Waals surface area contributed by atoms with Crippen molar-refractivity contribution in [2.75, 3.05) is 11.1 Å². The van der Waals surface area contributed by atoms with Crippen LogP contribution in [0.4, 0.5) is 5.00 Å². The molecule has 3 aromatic heterocycles. The van der Waals surface area contributed by atoms with Crippen LogP contribution in [0.15, 0.2) is 71.3 Å². The minimum atomic E-state index is -0.577. The molecule has 34 heavy (non-hydrogen) atoms. The molecule has 0 saturated heterocycles. The first-order chi connectivity index (χ1) is 16.5. The number of amides is 2. The van der Waals surface area contributed by atoms with Crippen LogP contribution in [0.1, 0.15) is 15.9 Å². The highest BCUT2D eigenvalue weighted by molar-refractivity contribution is 7.99. The summed E-state index contributed by atoms with van der Waals surface area (Å²) in [6.07, 6.45) is 1.92. The Balaban J connectivity index is 1.48. The zero-order chi connectivity index (χ0) is 23.7. The molecule has 10 heteroatoms. The van der Waals surface area contributed by atoms with Gasteiger partial charge < -0.3 is 16.0 Å². The molecule has 0 atom stereocenters. The van der Waals surface area contributed by atoms with E-state index in [1.165, 1.54) is 23.1 Å². The van der Waals surface area contributed by atoms with E-state index in [1.807, 2.05) is 66.2 Å². The number of aryl methyl sites for hydroxylation is 1. The zero-order valence-electron chi connectivity index (χ0n) is 18.1. The van der Waals surface area contributed by atoms with Gasteiger partial charge in [-0.1, -0.05) is 48.2 Å². The topological polar surface area (TPSA) is 119 Å².